The molecule has 0 radical (unpaired) electrons. The van der Waals surface area contributed by atoms with E-state index in [4.69, 9.17) is 0 Å². The second kappa shape index (κ2) is 11.5. The molecule has 0 saturated carbocycles. The number of thiophene rings is 1. The van der Waals surface area contributed by atoms with Gasteiger partial charge < -0.3 is 0 Å². The van der Waals surface area contributed by atoms with Crippen molar-refractivity contribution in [3.63, 3.8) is 0 Å². The van der Waals surface area contributed by atoms with E-state index in [0.717, 1.165) is 0 Å². The first-order valence-corrected chi connectivity index (χ1v) is 19.4. The average Bonchev–Trinajstić information content (AvgIpc) is 3.83. The van der Waals surface area contributed by atoms with E-state index in [1.54, 1.807) is 0 Å². The van der Waals surface area contributed by atoms with Crippen LogP contribution in [0.15, 0.2) is 176 Å². The Labute approximate surface area is 314 Å². The summed E-state index contributed by atoms with van der Waals surface area (Å²) in [5, 5.41) is 2.68. The van der Waals surface area contributed by atoms with Crippen LogP contribution in [0.1, 0.15) is 47.6 Å². The Morgan fingerprint density at radius 2 is 0.943 bits per heavy atom. The second-order valence-electron chi connectivity index (χ2n) is 15.2. The quantitative estimate of drug-likeness (QED) is 0.172. The molecule has 8 aromatic carbocycles. The van der Waals surface area contributed by atoms with Gasteiger partial charge in [-0.15, -0.1) is 11.3 Å². The monoisotopic (exact) mass is 692 g/mol. The first kappa shape index (κ1) is 30.6. The van der Waals surface area contributed by atoms with E-state index >= 15 is 0 Å². The zero-order chi connectivity index (χ0) is 35.3. The van der Waals surface area contributed by atoms with Crippen molar-refractivity contribution >= 4 is 31.5 Å². The topological polar surface area (TPSA) is 0 Å². The van der Waals surface area contributed by atoms with Crippen LogP contribution in [0.3, 0.4) is 0 Å². The SMILES string of the molecule is CC1(C)c2ccccc2-c2cc3c(cc21)C(c1cccc2c1sc1c(-c4cccc(-c5ccc(-c6ccccc6)cc5)c4)cccc12)c1ccccc1-3. The fourth-order valence-electron chi connectivity index (χ4n) is 9.38. The van der Waals surface area contributed by atoms with Crippen LogP contribution in [0.25, 0.3) is 75.8 Å². The summed E-state index contributed by atoms with van der Waals surface area (Å²) in [7, 11) is 0. The largest absolute Gasteiger partial charge is 0.134 e. The summed E-state index contributed by atoms with van der Waals surface area (Å²) in [6, 6.07) is 65.7. The molecule has 1 atom stereocenters. The van der Waals surface area contributed by atoms with Crippen LogP contribution in [-0.4, -0.2) is 0 Å². The lowest BCUT2D eigenvalue weighted by molar-refractivity contribution is 0.659. The van der Waals surface area contributed by atoms with Crippen molar-refractivity contribution in [1.82, 2.24) is 0 Å². The van der Waals surface area contributed by atoms with Crippen LogP contribution in [0.2, 0.25) is 0 Å². The molecule has 0 fully saturated rings. The smallest absolute Gasteiger partial charge is 0.0433 e. The molecule has 0 spiro atoms. The summed E-state index contributed by atoms with van der Waals surface area (Å²) in [6.45, 7) is 4.79. The lowest BCUT2D eigenvalue weighted by atomic mass is 9.80. The number of benzene rings is 8. The fourth-order valence-corrected chi connectivity index (χ4v) is 10.8. The summed E-state index contributed by atoms with van der Waals surface area (Å²) in [4.78, 5) is 0. The third-order valence-corrected chi connectivity index (χ3v) is 13.3. The van der Waals surface area contributed by atoms with E-state index in [1.807, 2.05) is 11.3 Å². The second-order valence-corrected chi connectivity index (χ2v) is 16.2. The van der Waals surface area contributed by atoms with Crippen molar-refractivity contribution in [3.8, 4) is 55.6 Å². The highest BCUT2D eigenvalue weighted by atomic mass is 32.1. The van der Waals surface area contributed by atoms with Gasteiger partial charge >= 0.3 is 0 Å². The van der Waals surface area contributed by atoms with E-state index in [2.05, 4.69) is 190 Å². The van der Waals surface area contributed by atoms with Crippen molar-refractivity contribution in [2.75, 3.05) is 0 Å². The Hall–Kier alpha value is -6.02. The van der Waals surface area contributed by atoms with Crippen LogP contribution in [0, 0.1) is 0 Å². The van der Waals surface area contributed by atoms with Gasteiger partial charge in [0.05, 0.1) is 0 Å². The number of rotatable bonds is 4. The van der Waals surface area contributed by atoms with Crippen molar-refractivity contribution < 1.29 is 0 Å². The molecule has 1 heteroatoms. The average molecular weight is 693 g/mol. The van der Waals surface area contributed by atoms with Gasteiger partial charge in [0, 0.05) is 31.5 Å². The van der Waals surface area contributed by atoms with Crippen molar-refractivity contribution in [3.05, 3.63) is 204 Å². The molecule has 11 rings (SSSR count). The third kappa shape index (κ3) is 4.54. The number of hydrogen-bond donors (Lipinski definition) is 0. The highest BCUT2D eigenvalue weighted by molar-refractivity contribution is 7.26. The van der Waals surface area contributed by atoms with E-state index < -0.39 is 0 Å². The van der Waals surface area contributed by atoms with Crippen LogP contribution >= 0.6 is 11.3 Å². The van der Waals surface area contributed by atoms with E-state index in [0.29, 0.717) is 0 Å². The Balaban J connectivity index is 1.05. The third-order valence-electron chi connectivity index (χ3n) is 12.0. The number of fused-ring (bicyclic) bond motifs is 9. The molecule has 1 unspecified atom stereocenters. The van der Waals surface area contributed by atoms with Crippen LogP contribution < -0.4 is 0 Å². The molecule has 2 aliphatic rings. The van der Waals surface area contributed by atoms with Crippen LogP contribution in [0.4, 0.5) is 0 Å². The molecule has 53 heavy (non-hydrogen) atoms. The van der Waals surface area contributed by atoms with Crippen molar-refractivity contribution in [2.45, 2.75) is 25.2 Å². The summed E-state index contributed by atoms with van der Waals surface area (Å²) in [5.74, 6) is 0.174. The lowest BCUT2D eigenvalue weighted by Crippen LogP contribution is -2.15. The molecule has 0 nitrogen and oxygen atoms in total. The van der Waals surface area contributed by atoms with Gasteiger partial charge in [-0.05, 0) is 95.6 Å². The maximum Gasteiger partial charge on any atom is 0.0433 e. The Morgan fingerprint density at radius 3 is 1.77 bits per heavy atom. The fraction of sp³-hybridized carbons (Fsp3) is 0.0769. The molecule has 0 saturated heterocycles. The van der Waals surface area contributed by atoms with Crippen LogP contribution in [0.5, 0.6) is 0 Å². The maximum atomic E-state index is 2.56. The minimum absolute atomic E-state index is 0.0444. The van der Waals surface area contributed by atoms with Gasteiger partial charge in [0.15, 0.2) is 0 Å². The highest BCUT2D eigenvalue weighted by Gasteiger charge is 2.39. The Kier molecular flexibility index (Phi) is 6.63. The summed E-state index contributed by atoms with van der Waals surface area (Å²) < 4.78 is 2.74. The molecule has 0 bridgehead atoms. The molecule has 1 heterocycles. The standard InChI is InChI=1S/C52H36S/c1-52(2)47-24-9-8-18-39(47)45-30-44-38-17-6-7-19-40(38)49(46(44)31-48(45)52)43-23-12-22-42-41-21-11-20-37(50(41)53-51(42)43)36-16-10-15-35(29-36)34-27-25-33(26-28-34)32-13-4-3-5-14-32/h3-31,49H,1-2H3. The summed E-state index contributed by atoms with van der Waals surface area (Å²) in [5.41, 5.74) is 20.1. The number of hydrogen-bond acceptors (Lipinski definition) is 1. The van der Waals surface area contributed by atoms with E-state index in [-0.39, 0.29) is 11.3 Å². The Bertz CT molecular complexity index is 2900. The molecule has 250 valence electrons. The summed E-state index contributed by atoms with van der Waals surface area (Å²) >= 11 is 1.96. The van der Waals surface area contributed by atoms with Gasteiger partial charge in [0.2, 0.25) is 0 Å². The minimum atomic E-state index is -0.0444. The molecule has 1 aromatic heterocycles. The minimum Gasteiger partial charge on any atom is -0.134 e. The zero-order valence-electron chi connectivity index (χ0n) is 29.7. The molecule has 9 aromatic rings. The molecule has 0 N–H and O–H groups in total. The molecule has 2 aliphatic carbocycles. The van der Waals surface area contributed by atoms with E-state index in [9.17, 15) is 0 Å². The first-order chi connectivity index (χ1) is 26.0. The van der Waals surface area contributed by atoms with Crippen LogP contribution in [-0.2, 0) is 5.41 Å². The Morgan fingerprint density at radius 1 is 0.358 bits per heavy atom. The highest BCUT2D eigenvalue weighted by Crippen LogP contribution is 2.57. The van der Waals surface area contributed by atoms with Gasteiger partial charge in [-0.25, -0.2) is 0 Å². The van der Waals surface area contributed by atoms with Gasteiger partial charge in [0.1, 0.15) is 0 Å². The van der Waals surface area contributed by atoms with Crippen molar-refractivity contribution in [2.24, 2.45) is 0 Å². The predicted octanol–water partition coefficient (Wildman–Crippen LogP) is 14.5. The maximum absolute atomic E-state index is 2.56. The van der Waals surface area contributed by atoms with Gasteiger partial charge in [0.25, 0.3) is 0 Å². The molecule has 0 amide bonds. The van der Waals surface area contributed by atoms with Gasteiger partial charge in [-0.2, -0.15) is 0 Å². The molecule has 0 aliphatic heterocycles. The predicted molar refractivity (Wildman–Crippen MR) is 226 cm³/mol. The zero-order valence-corrected chi connectivity index (χ0v) is 30.5. The normalized spacial score (nSPS) is 14.9. The first-order valence-electron chi connectivity index (χ1n) is 18.6. The molecular weight excluding hydrogens is 657 g/mol. The lowest BCUT2D eigenvalue weighted by Gasteiger charge is -2.23. The van der Waals surface area contributed by atoms with Gasteiger partial charge in [-0.3, -0.25) is 0 Å². The summed E-state index contributed by atoms with van der Waals surface area (Å²) in [6.07, 6.45) is 0. The van der Waals surface area contributed by atoms with Crippen molar-refractivity contribution in [1.29, 1.82) is 0 Å². The molecular formula is C52H36S. The van der Waals surface area contributed by atoms with E-state index in [1.165, 1.54) is 104 Å². The van der Waals surface area contributed by atoms with Gasteiger partial charge in [-0.1, -0.05) is 178 Å².